The summed E-state index contributed by atoms with van der Waals surface area (Å²) in [5.41, 5.74) is 3.45. The van der Waals surface area contributed by atoms with E-state index in [-0.39, 0.29) is 5.78 Å². The number of hydrogen-bond acceptors (Lipinski definition) is 1. The highest BCUT2D eigenvalue weighted by Crippen LogP contribution is 2.28. The number of hydrogen-bond donors (Lipinski definition) is 0. The van der Waals surface area contributed by atoms with Gasteiger partial charge in [-0.2, -0.15) is 0 Å². The molecule has 0 atom stereocenters. The molecule has 0 radical (unpaired) electrons. The van der Waals surface area contributed by atoms with Crippen molar-refractivity contribution in [1.82, 2.24) is 0 Å². The summed E-state index contributed by atoms with van der Waals surface area (Å²) in [5.74, 6) is 0.0255. The van der Waals surface area contributed by atoms with Crippen LogP contribution in [-0.4, -0.2) is 5.78 Å². The van der Waals surface area contributed by atoms with Gasteiger partial charge in [0.1, 0.15) is 0 Å². The summed E-state index contributed by atoms with van der Waals surface area (Å²) < 4.78 is 2.74. The van der Waals surface area contributed by atoms with Crippen molar-refractivity contribution >= 4 is 53.6 Å². The highest BCUT2D eigenvalue weighted by molar-refractivity contribution is 9.11. The van der Waals surface area contributed by atoms with Crippen LogP contribution in [0.1, 0.15) is 27.0 Å². The van der Waals surface area contributed by atoms with Crippen LogP contribution in [0.3, 0.4) is 0 Å². The summed E-state index contributed by atoms with van der Waals surface area (Å²) in [6.07, 6.45) is 0. The lowest BCUT2D eigenvalue weighted by Crippen LogP contribution is -2.05. The maximum absolute atomic E-state index is 12.6. The third-order valence-electron chi connectivity index (χ3n) is 2.93. The molecule has 98 valence electrons. The zero-order valence-corrected chi connectivity index (χ0v) is 15.2. The smallest absolute Gasteiger partial charge is 0.194 e. The molecule has 1 nitrogen and oxygen atoms in total. The molecular weight excluding hydrogens is 436 g/mol. The first-order valence-electron chi connectivity index (χ1n) is 5.66. The minimum absolute atomic E-state index is 0.0255. The van der Waals surface area contributed by atoms with Gasteiger partial charge in [0.05, 0.1) is 0 Å². The molecule has 0 aliphatic rings. The summed E-state index contributed by atoms with van der Waals surface area (Å²) in [7, 11) is 0. The van der Waals surface area contributed by atoms with Crippen molar-refractivity contribution in [2.24, 2.45) is 0 Å². The van der Waals surface area contributed by atoms with Crippen LogP contribution in [0.4, 0.5) is 0 Å². The van der Waals surface area contributed by atoms with Crippen LogP contribution >= 0.6 is 47.8 Å². The van der Waals surface area contributed by atoms with Crippen molar-refractivity contribution in [3.63, 3.8) is 0 Å². The fraction of sp³-hybridized carbons (Fsp3) is 0.133. The molecule has 0 N–H and O–H groups in total. The lowest BCUT2D eigenvalue weighted by molar-refractivity contribution is 0.103. The van der Waals surface area contributed by atoms with Gasteiger partial charge in [-0.15, -0.1) is 0 Å². The van der Waals surface area contributed by atoms with E-state index in [1.807, 2.05) is 44.2 Å². The van der Waals surface area contributed by atoms with Gasteiger partial charge in [0, 0.05) is 24.5 Å². The van der Waals surface area contributed by atoms with E-state index in [0.717, 1.165) is 30.1 Å². The van der Waals surface area contributed by atoms with Gasteiger partial charge in [0.2, 0.25) is 0 Å². The summed E-state index contributed by atoms with van der Waals surface area (Å²) in [4.78, 5) is 12.6. The fourth-order valence-electron chi connectivity index (χ4n) is 1.85. The van der Waals surface area contributed by atoms with Gasteiger partial charge in [0.15, 0.2) is 5.78 Å². The Hall–Kier alpha value is -0.450. The van der Waals surface area contributed by atoms with Crippen LogP contribution in [0, 0.1) is 13.8 Å². The van der Waals surface area contributed by atoms with E-state index in [2.05, 4.69) is 47.8 Å². The van der Waals surface area contributed by atoms with Gasteiger partial charge >= 0.3 is 0 Å². The molecular formula is C15H11Br3O. The van der Waals surface area contributed by atoms with E-state index in [0.29, 0.717) is 5.56 Å². The van der Waals surface area contributed by atoms with E-state index in [1.165, 1.54) is 0 Å². The molecule has 0 aliphatic carbocycles. The second kappa shape index (κ2) is 5.90. The molecule has 0 heterocycles. The Bertz CT molecular complexity index is 663. The zero-order valence-electron chi connectivity index (χ0n) is 10.4. The maximum atomic E-state index is 12.6. The minimum atomic E-state index is 0.0255. The first-order valence-corrected chi connectivity index (χ1v) is 8.04. The fourth-order valence-corrected chi connectivity index (χ4v) is 3.30. The molecule has 2 aromatic rings. The Balaban J connectivity index is 2.53. The van der Waals surface area contributed by atoms with E-state index in [9.17, 15) is 4.79 Å². The summed E-state index contributed by atoms with van der Waals surface area (Å²) in [6.45, 7) is 3.93. The van der Waals surface area contributed by atoms with Crippen LogP contribution in [0.15, 0.2) is 43.7 Å². The Morgan fingerprint density at radius 1 is 0.842 bits per heavy atom. The quantitative estimate of drug-likeness (QED) is 0.531. The lowest BCUT2D eigenvalue weighted by atomic mass is 9.98. The van der Waals surface area contributed by atoms with Crippen molar-refractivity contribution in [3.8, 4) is 0 Å². The molecule has 0 aromatic heterocycles. The molecule has 0 spiro atoms. The molecule has 0 saturated heterocycles. The van der Waals surface area contributed by atoms with Gasteiger partial charge in [-0.05, 0) is 55.3 Å². The minimum Gasteiger partial charge on any atom is -0.289 e. The van der Waals surface area contributed by atoms with Gasteiger partial charge in [-0.1, -0.05) is 47.8 Å². The van der Waals surface area contributed by atoms with Crippen LogP contribution < -0.4 is 0 Å². The molecule has 0 fully saturated rings. The second-order valence-corrected chi connectivity index (χ2v) is 6.99. The predicted molar refractivity (Wildman–Crippen MR) is 88.9 cm³/mol. The van der Waals surface area contributed by atoms with Gasteiger partial charge in [-0.3, -0.25) is 4.79 Å². The molecule has 0 unspecified atom stereocenters. The SMILES string of the molecule is Cc1cc(Br)c(C(=O)c2ccc(Br)cc2C)cc1Br. The topological polar surface area (TPSA) is 17.1 Å². The number of rotatable bonds is 2. The molecule has 2 rings (SSSR count). The highest BCUT2D eigenvalue weighted by Gasteiger charge is 2.16. The van der Waals surface area contributed by atoms with Crippen molar-refractivity contribution in [3.05, 3.63) is 66.0 Å². The number of carbonyl (C=O) groups excluding carboxylic acids is 1. The third kappa shape index (κ3) is 3.18. The molecule has 2 aromatic carbocycles. The zero-order chi connectivity index (χ0) is 14.2. The average Bonchev–Trinajstić information content (AvgIpc) is 2.33. The summed E-state index contributed by atoms with van der Waals surface area (Å²) in [5, 5.41) is 0. The summed E-state index contributed by atoms with van der Waals surface area (Å²) >= 11 is 10.3. The number of benzene rings is 2. The average molecular weight is 447 g/mol. The standard InChI is InChI=1S/C15H11Br3O/c1-8-5-10(16)3-4-11(8)15(19)12-7-13(17)9(2)6-14(12)18/h3-7H,1-2H3. The van der Waals surface area contributed by atoms with Crippen LogP contribution in [0.5, 0.6) is 0 Å². The largest absolute Gasteiger partial charge is 0.289 e. The number of ketones is 1. The van der Waals surface area contributed by atoms with Gasteiger partial charge in [-0.25, -0.2) is 0 Å². The highest BCUT2D eigenvalue weighted by atomic mass is 79.9. The molecule has 4 heteroatoms. The van der Waals surface area contributed by atoms with Gasteiger partial charge in [0.25, 0.3) is 0 Å². The maximum Gasteiger partial charge on any atom is 0.194 e. The normalized spacial score (nSPS) is 10.6. The first kappa shape index (κ1) is 14.9. The van der Waals surface area contributed by atoms with E-state index in [1.54, 1.807) is 0 Å². The molecule has 0 aliphatic heterocycles. The molecule has 0 bridgehead atoms. The number of aryl methyl sites for hydroxylation is 2. The first-order chi connectivity index (χ1) is 8.90. The number of halogens is 3. The van der Waals surface area contributed by atoms with Crippen LogP contribution in [0.2, 0.25) is 0 Å². The predicted octanol–water partition coefficient (Wildman–Crippen LogP) is 5.82. The van der Waals surface area contributed by atoms with Crippen LogP contribution in [-0.2, 0) is 0 Å². The van der Waals surface area contributed by atoms with Gasteiger partial charge < -0.3 is 0 Å². The van der Waals surface area contributed by atoms with E-state index in [4.69, 9.17) is 0 Å². The Morgan fingerprint density at radius 3 is 2.16 bits per heavy atom. The second-order valence-electron chi connectivity index (χ2n) is 4.37. The van der Waals surface area contributed by atoms with Crippen molar-refractivity contribution in [1.29, 1.82) is 0 Å². The third-order valence-corrected chi connectivity index (χ3v) is 4.93. The lowest BCUT2D eigenvalue weighted by Gasteiger charge is -2.09. The van der Waals surface area contributed by atoms with E-state index >= 15 is 0 Å². The van der Waals surface area contributed by atoms with Crippen LogP contribution in [0.25, 0.3) is 0 Å². The molecule has 0 amide bonds. The molecule has 0 saturated carbocycles. The van der Waals surface area contributed by atoms with Crippen molar-refractivity contribution < 1.29 is 4.79 Å². The monoisotopic (exact) mass is 444 g/mol. The Kier molecular flexibility index (Phi) is 4.64. The van der Waals surface area contributed by atoms with Crippen molar-refractivity contribution in [2.45, 2.75) is 13.8 Å². The number of carbonyl (C=O) groups is 1. The Morgan fingerprint density at radius 2 is 1.53 bits per heavy atom. The summed E-state index contributed by atoms with van der Waals surface area (Å²) in [6, 6.07) is 9.50. The molecule has 19 heavy (non-hydrogen) atoms. The van der Waals surface area contributed by atoms with Crippen molar-refractivity contribution in [2.75, 3.05) is 0 Å². The Labute approximate surface area is 137 Å². The van der Waals surface area contributed by atoms with E-state index < -0.39 is 0 Å².